The Bertz CT molecular complexity index is 331. The summed E-state index contributed by atoms with van der Waals surface area (Å²) in [6.07, 6.45) is 2.23. The molecule has 0 aliphatic carbocycles. The van der Waals surface area contributed by atoms with Crippen LogP contribution in [0.4, 0.5) is 10.1 Å². The van der Waals surface area contributed by atoms with E-state index in [2.05, 4.69) is 12.2 Å². The zero-order chi connectivity index (χ0) is 12.5. The van der Waals surface area contributed by atoms with E-state index in [0.29, 0.717) is 13.2 Å². The third-order valence-electron chi connectivity index (χ3n) is 2.37. The topological polar surface area (TPSA) is 30.5 Å². The van der Waals surface area contributed by atoms with E-state index >= 15 is 0 Å². The third kappa shape index (κ3) is 5.04. The van der Waals surface area contributed by atoms with Gasteiger partial charge in [-0.15, -0.1) is 0 Å². The first-order chi connectivity index (χ1) is 8.27. The van der Waals surface area contributed by atoms with Crippen LogP contribution in [-0.4, -0.2) is 26.9 Å². The van der Waals surface area contributed by atoms with E-state index in [1.807, 2.05) is 0 Å². The lowest BCUT2D eigenvalue weighted by molar-refractivity contribution is 0.141. The Hall–Kier alpha value is -1.29. The molecule has 1 rings (SSSR count). The summed E-state index contributed by atoms with van der Waals surface area (Å²) in [4.78, 5) is 0. The van der Waals surface area contributed by atoms with Gasteiger partial charge < -0.3 is 14.8 Å². The molecule has 0 spiro atoms. The highest BCUT2D eigenvalue weighted by molar-refractivity contribution is 5.48. The van der Waals surface area contributed by atoms with Gasteiger partial charge in [-0.3, -0.25) is 0 Å². The Balaban J connectivity index is 2.27. The number of benzene rings is 1. The molecule has 0 fully saturated rings. The zero-order valence-electron chi connectivity index (χ0n) is 10.5. The molecule has 0 aromatic heterocycles. The quantitative estimate of drug-likeness (QED) is 0.709. The Morgan fingerprint density at radius 1 is 1.29 bits per heavy atom. The Labute approximate surface area is 102 Å². The van der Waals surface area contributed by atoms with Crippen LogP contribution in [0.5, 0.6) is 5.75 Å². The Morgan fingerprint density at radius 2 is 2.12 bits per heavy atom. The van der Waals surface area contributed by atoms with Crippen LogP contribution in [0.15, 0.2) is 18.2 Å². The lowest BCUT2D eigenvalue weighted by Gasteiger charge is -2.09. The fourth-order valence-corrected chi connectivity index (χ4v) is 1.39. The van der Waals surface area contributed by atoms with Gasteiger partial charge in [-0.25, -0.2) is 4.39 Å². The van der Waals surface area contributed by atoms with E-state index in [0.717, 1.165) is 25.1 Å². The molecule has 0 aliphatic rings. The molecule has 1 N–H and O–H groups in total. The molecule has 3 nitrogen and oxygen atoms in total. The smallest absolute Gasteiger partial charge is 0.165 e. The number of hydrogen-bond donors (Lipinski definition) is 1. The fourth-order valence-electron chi connectivity index (χ4n) is 1.39. The van der Waals surface area contributed by atoms with Gasteiger partial charge >= 0.3 is 0 Å². The number of ether oxygens (including phenoxy) is 2. The van der Waals surface area contributed by atoms with Crippen LogP contribution < -0.4 is 10.1 Å². The van der Waals surface area contributed by atoms with Crippen LogP contribution in [-0.2, 0) is 4.74 Å². The van der Waals surface area contributed by atoms with Crippen molar-refractivity contribution in [3.05, 3.63) is 24.0 Å². The number of rotatable bonds is 8. The summed E-state index contributed by atoms with van der Waals surface area (Å²) < 4.78 is 23.4. The fraction of sp³-hybridized carbons (Fsp3) is 0.538. The van der Waals surface area contributed by atoms with E-state index in [-0.39, 0.29) is 11.6 Å². The number of nitrogens with one attached hydrogen (secondary N) is 1. The van der Waals surface area contributed by atoms with Crippen molar-refractivity contribution in [1.29, 1.82) is 0 Å². The van der Waals surface area contributed by atoms with E-state index < -0.39 is 0 Å². The van der Waals surface area contributed by atoms with Crippen molar-refractivity contribution in [2.75, 3.05) is 32.2 Å². The molecule has 17 heavy (non-hydrogen) atoms. The molecular weight excluding hydrogens is 221 g/mol. The third-order valence-corrected chi connectivity index (χ3v) is 2.37. The predicted octanol–water partition coefficient (Wildman–Crippen LogP) is 3.06. The second-order valence-electron chi connectivity index (χ2n) is 3.74. The summed E-state index contributed by atoms with van der Waals surface area (Å²) in [6.45, 7) is 4.29. The van der Waals surface area contributed by atoms with Crippen molar-refractivity contribution in [3.63, 3.8) is 0 Å². The van der Waals surface area contributed by atoms with Gasteiger partial charge in [0.05, 0.1) is 13.7 Å². The minimum atomic E-state index is -0.350. The first-order valence-electron chi connectivity index (χ1n) is 5.93. The SMILES string of the molecule is CCCCOCCNc1ccc(F)c(OC)c1. The second kappa shape index (κ2) is 7.90. The molecule has 96 valence electrons. The van der Waals surface area contributed by atoms with Gasteiger partial charge in [0.25, 0.3) is 0 Å². The largest absolute Gasteiger partial charge is 0.494 e. The molecular formula is C13H20FNO2. The molecule has 0 unspecified atom stereocenters. The van der Waals surface area contributed by atoms with Crippen molar-refractivity contribution in [3.8, 4) is 5.75 Å². The van der Waals surface area contributed by atoms with Crippen molar-refractivity contribution in [1.82, 2.24) is 0 Å². The summed E-state index contributed by atoms with van der Waals surface area (Å²) in [5.41, 5.74) is 0.836. The summed E-state index contributed by atoms with van der Waals surface area (Å²) in [5.74, 6) is -0.0980. The van der Waals surface area contributed by atoms with Crippen LogP contribution in [0.25, 0.3) is 0 Å². The number of methoxy groups -OCH3 is 1. The molecule has 1 aromatic rings. The maximum atomic E-state index is 13.1. The Kier molecular flexibility index (Phi) is 6.40. The van der Waals surface area contributed by atoms with Crippen molar-refractivity contribution in [2.24, 2.45) is 0 Å². The normalized spacial score (nSPS) is 10.3. The summed E-state index contributed by atoms with van der Waals surface area (Å²) in [7, 11) is 1.45. The van der Waals surface area contributed by atoms with E-state index in [9.17, 15) is 4.39 Å². The molecule has 0 radical (unpaired) electrons. The first kappa shape index (κ1) is 13.8. The average Bonchev–Trinajstić information content (AvgIpc) is 2.35. The highest BCUT2D eigenvalue weighted by Crippen LogP contribution is 2.21. The monoisotopic (exact) mass is 241 g/mol. The van der Waals surface area contributed by atoms with Gasteiger partial charge in [-0.2, -0.15) is 0 Å². The van der Waals surface area contributed by atoms with Gasteiger partial charge in [0.2, 0.25) is 0 Å². The predicted molar refractivity (Wildman–Crippen MR) is 67.2 cm³/mol. The maximum absolute atomic E-state index is 13.1. The van der Waals surface area contributed by atoms with Gasteiger partial charge in [0.1, 0.15) is 0 Å². The maximum Gasteiger partial charge on any atom is 0.165 e. The van der Waals surface area contributed by atoms with Crippen LogP contribution in [0.3, 0.4) is 0 Å². The summed E-state index contributed by atoms with van der Waals surface area (Å²) >= 11 is 0. The molecule has 0 heterocycles. The van der Waals surface area contributed by atoms with Gasteiger partial charge in [-0.1, -0.05) is 13.3 Å². The molecule has 0 saturated heterocycles. The van der Waals surface area contributed by atoms with Crippen molar-refractivity contribution >= 4 is 5.69 Å². The van der Waals surface area contributed by atoms with Gasteiger partial charge in [-0.05, 0) is 18.6 Å². The molecule has 1 aromatic carbocycles. The van der Waals surface area contributed by atoms with Crippen LogP contribution in [0.2, 0.25) is 0 Å². The zero-order valence-corrected chi connectivity index (χ0v) is 10.5. The molecule has 0 saturated carbocycles. The molecule has 0 aliphatic heterocycles. The first-order valence-corrected chi connectivity index (χ1v) is 5.93. The highest BCUT2D eigenvalue weighted by Gasteiger charge is 2.02. The minimum absolute atomic E-state index is 0.252. The standard InChI is InChI=1S/C13H20FNO2/c1-3-4-8-17-9-7-15-11-5-6-12(14)13(10-11)16-2/h5-6,10,15H,3-4,7-9H2,1-2H3. The van der Waals surface area contributed by atoms with Crippen LogP contribution in [0.1, 0.15) is 19.8 Å². The van der Waals surface area contributed by atoms with Gasteiger partial charge in [0.15, 0.2) is 11.6 Å². The van der Waals surface area contributed by atoms with Gasteiger partial charge in [0, 0.05) is 24.9 Å². The highest BCUT2D eigenvalue weighted by atomic mass is 19.1. The molecule has 4 heteroatoms. The van der Waals surface area contributed by atoms with Crippen molar-refractivity contribution in [2.45, 2.75) is 19.8 Å². The minimum Gasteiger partial charge on any atom is -0.494 e. The van der Waals surface area contributed by atoms with E-state index in [1.165, 1.54) is 13.2 Å². The lowest BCUT2D eigenvalue weighted by Crippen LogP contribution is -2.10. The molecule has 0 atom stereocenters. The molecule has 0 amide bonds. The lowest BCUT2D eigenvalue weighted by atomic mass is 10.3. The summed E-state index contributed by atoms with van der Waals surface area (Å²) in [5, 5.41) is 3.15. The van der Waals surface area contributed by atoms with Crippen molar-refractivity contribution < 1.29 is 13.9 Å². The number of anilines is 1. The van der Waals surface area contributed by atoms with E-state index in [1.54, 1.807) is 12.1 Å². The Morgan fingerprint density at radius 3 is 2.82 bits per heavy atom. The summed E-state index contributed by atoms with van der Waals surface area (Å²) in [6, 6.07) is 4.71. The second-order valence-corrected chi connectivity index (χ2v) is 3.74. The van der Waals surface area contributed by atoms with Crippen LogP contribution in [0, 0.1) is 5.82 Å². The molecule has 0 bridgehead atoms. The van der Waals surface area contributed by atoms with Crippen LogP contribution >= 0.6 is 0 Å². The average molecular weight is 241 g/mol. The number of hydrogen-bond acceptors (Lipinski definition) is 3. The number of halogens is 1. The number of unbranched alkanes of at least 4 members (excludes halogenated alkanes) is 1. The van der Waals surface area contributed by atoms with E-state index in [4.69, 9.17) is 9.47 Å².